The van der Waals surface area contributed by atoms with Crippen LogP contribution in [0, 0.1) is 5.82 Å². The minimum Gasteiger partial charge on any atom is -0.478 e. The van der Waals surface area contributed by atoms with E-state index in [1.165, 1.54) is 23.2 Å². The number of anilines is 2. The third kappa shape index (κ3) is 1.59. The van der Waals surface area contributed by atoms with Gasteiger partial charge in [-0.3, -0.25) is 0 Å². The van der Waals surface area contributed by atoms with Crippen molar-refractivity contribution in [3.63, 3.8) is 0 Å². The summed E-state index contributed by atoms with van der Waals surface area (Å²) in [4.78, 5) is 10.8. The van der Waals surface area contributed by atoms with Crippen molar-refractivity contribution < 1.29 is 14.3 Å². The van der Waals surface area contributed by atoms with Gasteiger partial charge in [0.2, 0.25) is 0 Å². The van der Waals surface area contributed by atoms with Crippen LogP contribution in [0.3, 0.4) is 0 Å². The molecule has 5 N–H and O–H groups in total. The zero-order valence-corrected chi connectivity index (χ0v) is 8.27. The van der Waals surface area contributed by atoms with Crippen LogP contribution in [0.5, 0.6) is 0 Å². The molecule has 1 aromatic rings. The molecular formula is C10H10FN3O2. The molecule has 1 aliphatic rings. The van der Waals surface area contributed by atoms with Crippen molar-refractivity contribution in [3.8, 4) is 0 Å². The summed E-state index contributed by atoms with van der Waals surface area (Å²) in [7, 11) is 0. The highest BCUT2D eigenvalue weighted by Crippen LogP contribution is 2.30. The second-order valence-corrected chi connectivity index (χ2v) is 3.54. The maximum absolute atomic E-state index is 13.2. The normalized spacial score (nSPS) is 14.4. The third-order valence-electron chi connectivity index (χ3n) is 2.40. The largest absolute Gasteiger partial charge is 0.478 e. The van der Waals surface area contributed by atoms with Gasteiger partial charge >= 0.3 is 5.97 Å². The Labute approximate surface area is 90.7 Å². The van der Waals surface area contributed by atoms with E-state index in [0.717, 1.165) is 0 Å². The van der Waals surface area contributed by atoms with Gasteiger partial charge in [-0.2, -0.15) is 0 Å². The lowest BCUT2D eigenvalue weighted by Gasteiger charge is -2.25. The van der Waals surface area contributed by atoms with E-state index in [1.54, 1.807) is 0 Å². The number of benzene rings is 1. The second-order valence-electron chi connectivity index (χ2n) is 3.54. The Morgan fingerprint density at radius 3 is 2.81 bits per heavy atom. The number of carboxylic acids is 1. The van der Waals surface area contributed by atoms with Gasteiger partial charge < -0.3 is 15.8 Å². The van der Waals surface area contributed by atoms with Crippen molar-refractivity contribution in [2.45, 2.75) is 0 Å². The average Bonchev–Trinajstić information content (AvgIpc) is 2.20. The summed E-state index contributed by atoms with van der Waals surface area (Å²) in [6.07, 6.45) is 1.39. The van der Waals surface area contributed by atoms with Gasteiger partial charge in [0.1, 0.15) is 5.82 Å². The molecule has 0 atom stereocenters. The topological polar surface area (TPSA) is 92.6 Å². The monoisotopic (exact) mass is 223 g/mol. The first-order chi connectivity index (χ1) is 7.49. The number of hydrogen-bond acceptors (Lipinski definition) is 4. The Morgan fingerprint density at radius 1 is 1.50 bits per heavy atom. The maximum atomic E-state index is 13.2. The first kappa shape index (κ1) is 10.4. The van der Waals surface area contributed by atoms with Crippen LogP contribution in [0.25, 0.3) is 6.08 Å². The highest BCUT2D eigenvalue weighted by atomic mass is 19.1. The number of fused-ring (bicyclic) bond motifs is 1. The summed E-state index contributed by atoms with van der Waals surface area (Å²) < 4.78 is 13.2. The molecule has 2 rings (SSSR count). The molecule has 5 nitrogen and oxygen atoms in total. The van der Waals surface area contributed by atoms with E-state index in [9.17, 15) is 9.18 Å². The number of halogens is 1. The first-order valence-electron chi connectivity index (χ1n) is 4.54. The zero-order valence-electron chi connectivity index (χ0n) is 8.27. The lowest BCUT2D eigenvalue weighted by molar-refractivity contribution is -0.132. The molecule has 0 saturated heterocycles. The summed E-state index contributed by atoms with van der Waals surface area (Å²) >= 11 is 0. The lowest BCUT2D eigenvalue weighted by atomic mass is 10.0. The first-order valence-corrected chi connectivity index (χ1v) is 4.54. The molecule has 1 aromatic carbocycles. The van der Waals surface area contributed by atoms with E-state index < -0.39 is 11.8 Å². The fourth-order valence-electron chi connectivity index (χ4n) is 1.59. The highest BCUT2D eigenvalue weighted by Gasteiger charge is 2.21. The van der Waals surface area contributed by atoms with Crippen LogP contribution in [0.1, 0.15) is 5.56 Å². The summed E-state index contributed by atoms with van der Waals surface area (Å²) in [6, 6.07) is 2.56. The molecule has 1 aliphatic heterocycles. The van der Waals surface area contributed by atoms with Gasteiger partial charge in [0.15, 0.2) is 0 Å². The Kier molecular flexibility index (Phi) is 2.28. The van der Waals surface area contributed by atoms with Crippen LogP contribution < -0.4 is 16.6 Å². The molecule has 0 fully saturated rings. The Morgan fingerprint density at radius 2 is 2.19 bits per heavy atom. The van der Waals surface area contributed by atoms with Crippen molar-refractivity contribution in [1.82, 2.24) is 0 Å². The number of carbonyl (C=O) groups is 1. The maximum Gasteiger partial charge on any atom is 0.333 e. The van der Waals surface area contributed by atoms with Crippen LogP contribution >= 0.6 is 0 Å². The van der Waals surface area contributed by atoms with Crippen LogP contribution in [0.15, 0.2) is 17.7 Å². The summed E-state index contributed by atoms with van der Waals surface area (Å²) in [5, 5.41) is 10.1. The van der Waals surface area contributed by atoms with Gasteiger partial charge in [-0.25, -0.2) is 15.0 Å². The van der Waals surface area contributed by atoms with Gasteiger partial charge in [0, 0.05) is 5.56 Å². The Bertz CT molecular complexity index is 499. The number of hydrogen-bond donors (Lipinski definition) is 3. The van der Waals surface area contributed by atoms with Crippen molar-refractivity contribution in [3.05, 3.63) is 29.1 Å². The quantitative estimate of drug-likeness (QED) is 0.478. The predicted molar refractivity (Wildman–Crippen MR) is 58.0 cm³/mol. The highest BCUT2D eigenvalue weighted by molar-refractivity contribution is 5.96. The van der Waals surface area contributed by atoms with Crippen LogP contribution in [0.2, 0.25) is 0 Å². The molecule has 16 heavy (non-hydrogen) atoms. The summed E-state index contributed by atoms with van der Waals surface area (Å²) in [5.41, 5.74) is 6.44. The minimum atomic E-state index is -1.07. The molecule has 84 valence electrons. The van der Waals surface area contributed by atoms with Gasteiger partial charge in [0.25, 0.3) is 0 Å². The number of rotatable bonds is 1. The number of nitrogens with two attached hydrogens (primary N) is 2. The molecule has 6 heteroatoms. The smallest absolute Gasteiger partial charge is 0.333 e. The fourth-order valence-corrected chi connectivity index (χ4v) is 1.59. The molecule has 0 aliphatic carbocycles. The lowest BCUT2D eigenvalue weighted by Crippen LogP contribution is -2.37. The fraction of sp³-hybridized carbons (Fsp3) is 0.100. The number of carboxylic acid groups (broad SMARTS) is 1. The molecule has 0 aromatic heterocycles. The van der Waals surface area contributed by atoms with Gasteiger partial charge in [0.05, 0.1) is 23.5 Å². The Balaban J connectivity index is 2.58. The van der Waals surface area contributed by atoms with Crippen molar-refractivity contribution >= 4 is 23.4 Å². The van der Waals surface area contributed by atoms with Crippen molar-refractivity contribution in [2.24, 2.45) is 5.84 Å². The molecule has 1 heterocycles. The van der Waals surface area contributed by atoms with E-state index in [2.05, 4.69) is 0 Å². The van der Waals surface area contributed by atoms with E-state index in [-0.39, 0.29) is 17.8 Å². The SMILES string of the molecule is Nc1cc2c(cc1F)C=C(C(=O)O)CN2N. The van der Waals surface area contributed by atoms with E-state index in [1.807, 2.05) is 0 Å². The number of aliphatic carboxylic acids is 1. The average molecular weight is 223 g/mol. The molecule has 0 saturated carbocycles. The molecule has 0 amide bonds. The van der Waals surface area contributed by atoms with Gasteiger partial charge in [-0.05, 0) is 18.2 Å². The third-order valence-corrected chi connectivity index (χ3v) is 2.40. The van der Waals surface area contributed by atoms with Gasteiger partial charge in [-0.1, -0.05) is 0 Å². The van der Waals surface area contributed by atoms with E-state index in [0.29, 0.717) is 11.3 Å². The standard InChI is InChI=1S/C10H10FN3O2/c11-7-2-5-1-6(10(15)16)4-14(13)9(5)3-8(7)12/h1-3H,4,12-13H2,(H,15,16). The zero-order chi connectivity index (χ0) is 11.9. The van der Waals surface area contributed by atoms with Crippen LogP contribution in [-0.4, -0.2) is 17.6 Å². The van der Waals surface area contributed by atoms with Crippen molar-refractivity contribution in [1.29, 1.82) is 0 Å². The number of nitrogen functional groups attached to an aromatic ring is 1. The second kappa shape index (κ2) is 3.49. The van der Waals surface area contributed by atoms with E-state index in [4.69, 9.17) is 16.7 Å². The number of hydrazine groups is 1. The molecular weight excluding hydrogens is 213 g/mol. The Hall–Kier alpha value is -2.08. The van der Waals surface area contributed by atoms with Crippen LogP contribution in [-0.2, 0) is 4.79 Å². The van der Waals surface area contributed by atoms with Gasteiger partial charge in [-0.15, -0.1) is 0 Å². The molecule has 0 spiro atoms. The van der Waals surface area contributed by atoms with Crippen molar-refractivity contribution in [2.75, 3.05) is 17.3 Å². The molecule has 0 bridgehead atoms. The minimum absolute atomic E-state index is 0.0126. The van der Waals surface area contributed by atoms with E-state index >= 15 is 0 Å². The van der Waals surface area contributed by atoms with Crippen LogP contribution in [0.4, 0.5) is 15.8 Å². The molecule has 0 unspecified atom stereocenters. The number of nitrogens with zero attached hydrogens (tertiary/aromatic N) is 1. The summed E-state index contributed by atoms with van der Waals surface area (Å²) in [5.74, 6) is 3.99. The predicted octanol–water partition coefficient (Wildman–Crippen LogP) is 0.570. The molecule has 0 radical (unpaired) electrons. The summed E-state index contributed by atoms with van der Waals surface area (Å²) in [6.45, 7) is 0.0629.